The molecule has 0 aromatic heterocycles. The van der Waals surface area contributed by atoms with Crippen LogP contribution in [0.3, 0.4) is 0 Å². The molecule has 1 N–H and O–H groups in total. The molecule has 0 saturated heterocycles. The maximum atomic E-state index is 9.96. The van der Waals surface area contributed by atoms with Gasteiger partial charge in [-0.3, -0.25) is 0 Å². The quantitative estimate of drug-likeness (QED) is 0.659. The topological polar surface area (TPSA) is 29.5 Å². The highest BCUT2D eigenvalue weighted by molar-refractivity contribution is 5.38. The molecule has 70 valence electrons. The van der Waals surface area contributed by atoms with Gasteiger partial charge >= 0.3 is 0 Å². The van der Waals surface area contributed by atoms with E-state index in [1.54, 1.807) is 6.92 Å². The van der Waals surface area contributed by atoms with Crippen LogP contribution in [-0.2, 0) is 16.1 Å². The molecule has 0 spiro atoms. The molecular formula is C11H14O2. The second-order valence-electron chi connectivity index (χ2n) is 4.14. The third-order valence-corrected chi connectivity index (χ3v) is 2.53. The van der Waals surface area contributed by atoms with Crippen molar-refractivity contribution in [2.24, 2.45) is 0 Å². The van der Waals surface area contributed by atoms with Crippen LogP contribution in [0.4, 0.5) is 0 Å². The number of aliphatic hydroxyl groups is 1. The van der Waals surface area contributed by atoms with Gasteiger partial charge in [-0.05, 0) is 26.3 Å². The van der Waals surface area contributed by atoms with E-state index in [1.165, 1.54) is 0 Å². The summed E-state index contributed by atoms with van der Waals surface area (Å²) in [4.78, 5) is 0. The first kappa shape index (κ1) is 8.73. The smallest absolute Gasteiger partial charge is 0.190 e. The molecule has 1 aromatic carbocycles. The van der Waals surface area contributed by atoms with Gasteiger partial charge in [-0.1, -0.05) is 24.3 Å². The molecule has 2 heteroatoms. The van der Waals surface area contributed by atoms with E-state index in [-0.39, 0.29) is 5.60 Å². The standard InChI is InChI=1S/C11H14O2/c1-10(2)8-6-4-5-7-9(8)11(3,12)13-10/h4-7,12H,1-3H3/t11-/m1/s1. The van der Waals surface area contributed by atoms with Crippen molar-refractivity contribution in [2.45, 2.75) is 32.2 Å². The van der Waals surface area contributed by atoms with Gasteiger partial charge in [0.1, 0.15) is 0 Å². The Morgan fingerprint density at radius 1 is 1.08 bits per heavy atom. The van der Waals surface area contributed by atoms with Gasteiger partial charge in [-0.2, -0.15) is 0 Å². The van der Waals surface area contributed by atoms with Gasteiger partial charge in [-0.15, -0.1) is 0 Å². The van der Waals surface area contributed by atoms with Crippen molar-refractivity contribution < 1.29 is 9.84 Å². The Balaban J connectivity index is 2.64. The first-order valence-corrected chi connectivity index (χ1v) is 4.46. The monoisotopic (exact) mass is 178 g/mol. The molecular weight excluding hydrogens is 164 g/mol. The summed E-state index contributed by atoms with van der Waals surface area (Å²) in [6.45, 7) is 5.61. The molecule has 0 saturated carbocycles. The Morgan fingerprint density at radius 2 is 1.62 bits per heavy atom. The number of hydrogen-bond donors (Lipinski definition) is 1. The summed E-state index contributed by atoms with van der Waals surface area (Å²) >= 11 is 0. The van der Waals surface area contributed by atoms with Gasteiger partial charge in [0.05, 0.1) is 5.60 Å². The van der Waals surface area contributed by atoms with Gasteiger partial charge in [-0.25, -0.2) is 0 Å². The predicted molar refractivity (Wildman–Crippen MR) is 50.1 cm³/mol. The highest BCUT2D eigenvalue weighted by Gasteiger charge is 2.44. The van der Waals surface area contributed by atoms with Crippen LogP contribution in [0.25, 0.3) is 0 Å². The van der Waals surface area contributed by atoms with Crippen LogP contribution in [0, 0.1) is 0 Å². The van der Waals surface area contributed by atoms with E-state index in [1.807, 2.05) is 38.1 Å². The Kier molecular flexibility index (Phi) is 1.57. The SMILES string of the molecule is CC1(C)O[C@@](C)(O)c2ccccc21. The summed E-state index contributed by atoms with van der Waals surface area (Å²) in [6.07, 6.45) is 0. The van der Waals surface area contributed by atoms with E-state index >= 15 is 0 Å². The molecule has 0 bridgehead atoms. The zero-order chi connectivity index (χ0) is 9.69. The number of rotatable bonds is 0. The Bertz CT molecular complexity index is 307. The molecule has 2 rings (SSSR count). The fraction of sp³-hybridized carbons (Fsp3) is 0.455. The maximum Gasteiger partial charge on any atom is 0.190 e. The van der Waals surface area contributed by atoms with Crippen LogP contribution >= 0.6 is 0 Å². The lowest BCUT2D eigenvalue weighted by molar-refractivity contribution is -0.237. The van der Waals surface area contributed by atoms with Gasteiger partial charge in [0.15, 0.2) is 5.79 Å². The molecule has 1 heterocycles. The number of fused-ring (bicyclic) bond motifs is 1. The minimum atomic E-state index is -1.14. The van der Waals surface area contributed by atoms with Gasteiger partial charge < -0.3 is 9.84 Å². The van der Waals surface area contributed by atoms with Crippen molar-refractivity contribution in [3.8, 4) is 0 Å². The Labute approximate surface area is 78.2 Å². The zero-order valence-corrected chi connectivity index (χ0v) is 8.16. The molecule has 0 amide bonds. The van der Waals surface area contributed by atoms with E-state index in [0.717, 1.165) is 11.1 Å². The number of ether oxygens (including phenoxy) is 1. The van der Waals surface area contributed by atoms with E-state index in [2.05, 4.69) is 0 Å². The summed E-state index contributed by atoms with van der Waals surface area (Å²) in [5.41, 5.74) is 1.56. The van der Waals surface area contributed by atoms with Crippen molar-refractivity contribution in [2.75, 3.05) is 0 Å². The summed E-state index contributed by atoms with van der Waals surface area (Å²) < 4.78 is 5.56. The normalized spacial score (nSPS) is 30.2. The van der Waals surface area contributed by atoms with Gasteiger partial charge in [0.25, 0.3) is 0 Å². The molecule has 0 aliphatic carbocycles. The molecule has 1 aliphatic rings. The average molecular weight is 178 g/mol. The molecule has 1 aromatic rings. The predicted octanol–water partition coefficient (Wildman–Crippen LogP) is 2.12. The van der Waals surface area contributed by atoms with Crippen LogP contribution in [0.15, 0.2) is 24.3 Å². The third kappa shape index (κ3) is 1.18. The maximum absolute atomic E-state index is 9.96. The number of hydrogen-bond acceptors (Lipinski definition) is 2. The van der Waals surface area contributed by atoms with Crippen LogP contribution in [0.1, 0.15) is 31.9 Å². The summed E-state index contributed by atoms with van der Waals surface area (Å²) in [5, 5.41) is 9.96. The molecule has 2 nitrogen and oxygen atoms in total. The average Bonchev–Trinajstić information content (AvgIpc) is 2.20. The molecule has 0 unspecified atom stereocenters. The fourth-order valence-electron chi connectivity index (χ4n) is 2.02. The summed E-state index contributed by atoms with van der Waals surface area (Å²) in [6, 6.07) is 7.78. The van der Waals surface area contributed by atoms with Crippen molar-refractivity contribution in [3.63, 3.8) is 0 Å². The van der Waals surface area contributed by atoms with Crippen molar-refractivity contribution >= 4 is 0 Å². The largest absolute Gasteiger partial charge is 0.362 e. The first-order chi connectivity index (χ1) is 5.93. The van der Waals surface area contributed by atoms with Crippen LogP contribution in [0.2, 0.25) is 0 Å². The minimum absolute atomic E-state index is 0.389. The summed E-state index contributed by atoms with van der Waals surface area (Å²) in [7, 11) is 0. The van der Waals surface area contributed by atoms with Gasteiger partial charge in [0, 0.05) is 5.56 Å². The highest BCUT2D eigenvalue weighted by Crippen LogP contribution is 2.44. The molecule has 1 atom stereocenters. The molecule has 13 heavy (non-hydrogen) atoms. The lowest BCUT2D eigenvalue weighted by Gasteiger charge is -2.23. The minimum Gasteiger partial charge on any atom is -0.362 e. The van der Waals surface area contributed by atoms with Gasteiger partial charge in [0.2, 0.25) is 0 Å². The van der Waals surface area contributed by atoms with E-state index in [4.69, 9.17) is 4.74 Å². The summed E-state index contributed by atoms with van der Waals surface area (Å²) in [5.74, 6) is -1.14. The van der Waals surface area contributed by atoms with Crippen LogP contribution in [0.5, 0.6) is 0 Å². The zero-order valence-electron chi connectivity index (χ0n) is 8.16. The van der Waals surface area contributed by atoms with Crippen molar-refractivity contribution in [1.82, 2.24) is 0 Å². The lowest BCUT2D eigenvalue weighted by Crippen LogP contribution is -2.25. The molecule has 0 fully saturated rings. The lowest BCUT2D eigenvalue weighted by atomic mass is 9.94. The third-order valence-electron chi connectivity index (χ3n) is 2.53. The van der Waals surface area contributed by atoms with Crippen LogP contribution < -0.4 is 0 Å². The van der Waals surface area contributed by atoms with Crippen molar-refractivity contribution in [1.29, 1.82) is 0 Å². The van der Waals surface area contributed by atoms with E-state index in [9.17, 15) is 5.11 Å². The fourth-order valence-corrected chi connectivity index (χ4v) is 2.02. The highest BCUT2D eigenvalue weighted by atomic mass is 16.6. The van der Waals surface area contributed by atoms with E-state index < -0.39 is 5.79 Å². The second kappa shape index (κ2) is 2.34. The second-order valence-corrected chi connectivity index (χ2v) is 4.14. The van der Waals surface area contributed by atoms with E-state index in [0.29, 0.717) is 0 Å². The van der Waals surface area contributed by atoms with Crippen LogP contribution in [-0.4, -0.2) is 5.11 Å². The molecule has 0 radical (unpaired) electrons. The molecule has 1 aliphatic heterocycles. The number of benzene rings is 1. The van der Waals surface area contributed by atoms with Crippen molar-refractivity contribution in [3.05, 3.63) is 35.4 Å². The Morgan fingerprint density at radius 3 is 2.15 bits per heavy atom. The Hall–Kier alpha value is -0.860. The first-order valence-electron chi connectivity index (χ1n) is 4.46.